The van der Waals surface area contributed by atoms with Crippen LogP contribution in [0.5, 0.6) is 5.88 Å². The standard InChI is InChI=1S/C33H43ClF3N7O4S/c1-30(2,3)44-21-22(20-31(44,4)5)8-7-17-38-24-9-6-10-27(39-24)49(46,47)42-29(45)23-11-12-25(40-28(23)34)43-18-13-26(41-43)48-19-16-32(14-15-32)33(35,36)37/h6,9-13,18,22H,7-8,14-17,19-21H2,1-5H3,(H,38,39)(H,42,45). The molecule has 1 unspecified atom stereocenters. The summed E-state index contributed by atoms with van der Waals surface area (Å²) in [5.74, 6) is 0.218. The predicted molar refractivity (Wildman–Crippen MR) is 179 cm³/mol. The number of ether oxygens (including phenoxy) is 1. The molecule has 3 aromatic heterocycles. The zero-order valence-corrected chi connectivity index (χ0v) is 29.8. The van der Waals surface area contributed by atoms with Crippen molar-refractivity contribution in [1.29, 1.82) is 0 Å². The Labute approximate surface area is 290 Å². The first-order chi connectivity index (χ1) is 22.8. The van der Waals surface area contributed by atoms with Gasteiger partial charge in [-0.05, 0) is 103 Å². The molecule has 0 spiro atoms. The van der Waals surface area contributed by atoms with Crippen molar-refractivity contribution in [3.63, 3.8) is 0 Å². The lowest BCUT2D eigenvalue weighted by molar-refractivity contribution is -0.190. The summed E-state index contributed by atoms with van der Waals surface area (Å²) in [6, 6.07) is 8.64. The number of amides is 1. The van der Waals surface area contributed by atoms with Crippen LogP contribution in [0, 0.1) is 11.3 Å². The second-order valence-corrected chi connectivity index (χ2v) is 16.5. The molecule has 11 nitrogen and oxygen atoms in total. The average Bonchev–Trinajstić information content (AvgIpc) is 3.54. The molecular weight excluding hydrogens is 683 g/mol. The summed E-state index contributed by atoms with van der Waals surface area (Å²) in [7, 11) is -4.35. The summed E-state index contributed by atoms with van der Waals surface area (Å²) in [6.07, 6.45) is 0.281. The lowest BCUT2D eigenvalue weighted by atomic mass is 9.92. The average molecular weight is 726 g/mol. The molecule has 3 aromatic rings. The van der Waals surface area contributed by atoms with Crippen molar-refractivity contribution in [2.45, 2.75) is 95.4 Å². The van der Waals surface area contributed by atoms with Gasteiger partial charge < -0.3 is 10.1 Å². The maximum absolute atomic E-state index is 13.1. The van der Waals surface area contributed by atoms with Gasteiger partial charge in [0.2, 0.25) is 5.88 Å². The minimum absolute atomic E-state index is 0.0920. The summed E-state index contributed by atoms with van der Waals surface area (Å²) in [5.41, 5.74) is -1.64. The monoisotopic (exact) mass is 725 g/mol. The molecule has 0 radical (unpaired) electrons. The van der Waals surface area contributed by atoms with Crippen LogP contribution < -0.4 is 14.8 Å². The maximum atomic E-state index is 13.1. The van der Waals surface area contributed by atoms with E-state index in [9.17, 15) is 26.4 Å². The van der Waals surface area contributed by atoms with Crippen LogP contribution >= 0.6 is 11.6 Å². The van der Waals surface area contributed by atoms with Gasteiger partial charge in [0.05, 0.1) is 17.6 Å². The zero-order valence-electron chi connectivity index (χ0n) is 28.3. The molecule has 2 fully saturated rings. The Bertz CT molecular complexity index is 1770. The third kappa shape index (κ3) is 8.66. The largest absolute Gasteiger partial charge is 0.477 e. The Morgan fingerprint density at radius 2 is 1.84 bits per heavy atom. The highest BCUT2D eigenvalue weighted by atomic mass is 35.5. The van der Waals surface area contributed by atoms with E-state index >= 15 is 0 Å². The van der Waals surface area contributed by atoms with Gasteiger partial charge in [0.25, 0.3) is 15.9 Å². The fourth-order valence-corrected chi connectivity index (χ4v) is 7.84. The number of hydrogen-bond donors (Lipinski definition) is 2. The lowest BCUT2D eigenvalue weighted by Gasteiger charge is -2.42. The van der Waals surface area contributed by atoms with E-state index in [0.717, 1.165) is 25.8 Å². The molecule has 1 aliphatic heterocycles. The molecule has 0 bridgehead atoms. The summed E-state index contributed by atoms with van der Waals surface area (Å²) in [6.45, 7) is 12.8. The van der Waals surface area contributed by atoms with E-state index in [1.807, 2.05) is 4.72 Å². The van der Waals surface area contributed by atoms with Crippen LogP contribution in [-0.4, -0.2) is 75.9 Å². The molecule has 2 N–H and O–H groups in total. The van der Waals surface area contributed by atoms with Gasteiger partial charge in [-0.3, -0.25) is 9.69 Å². The maximum Gasteiger partial charge on any atom is 0.394 e. The number of halogens is 4. The Balaban J connectivity index is 1.13. The fourth-order valence-electron chi connectivity index (χ4n) is 6.67. The quantitative estimate of drug-likeness (QED) is 0.147. The van der Waals surface area contributed by atoms with Gasteiger partial charge in [-0.15, -0.1) is 5.10 Å². The van der Waals surface area contributed by atoms with Gasteiger partial charge in [0, 0.05) is 36.4 Å². The number of anilines is 1. The summed E-state index contributed by atoms with van der Waals surface area (Å²) in [5, 5.41) is 6.72. The third-order valence-electron chi connectivity index (χ3n) is 9.25. The van der Waals surface area contributed by atoms with Crippen molar-refractivity contribution in [1.82, 2.24) is 29.4 Å². The first kappa shape index (κ1) is 36.8. The summed E-state index contributed by atoms with van der Waals surface area (Å²) in [4.78, 5) is 23.8. The van der Waals surface area contributed by atoms with Crippen molar-refractivity contribution in [3.8, 4) is 11.7 Å². The second kappa shape index (κ2) is 13.7. The Hall–Kier alpha value is -3.43. The van der Waals surface area contributed by atoms with Gasteiger partial charge in [-0.25, -0.2) is 19.4 Å². The Kier molecular flexibility index (Phi) is 10.3. The number of hydrogen-bond acceptors (Lipinski definition) is 9. The van der Waals surface area contributed by atoms with E-state index in [1.54, 1.807) is 12.1 Å². The van der Waals surface area contributed by atoms with Crippen LogP contribution in [0.4, 0.5) is 19.0 Å². The van der Waals surface area contributed by atoms with Gasteiger partial charge in [0.15, 0.2) is 10.8 Å². The smallest absolute Gasteiger partial charge is 0.394 e. The predicted octanol–water partition coefficient (Wildman–Crippen LogP) is 6.64. The van der Waals surface area contributed by atoms with Crippen molar-refractivity contribution in [2.24, 2.45) is 11.3 Å². The molecule has 1 saturated heterocycles. The van der Waals surface area contributed by atoms with Crippen molar-refractivity contribution < 1.29 is 31.1 Å². The normalized spacial score (nSPS) is 19.1. The highest BCUT2D eigenvalue weighted by molar-refractivity contribution is 7.90. The van der Waals surface area contributed by atoms with Gasteiger partial charge in [0.1, 0.15) is 11.0 Å². The van der Waals surface area contributed by atoms with E-state index < -0.39 is 27.5 Å². The number of pyridine rings is 2. The van der Waals surface area contributed by atoms with Crippen molar-refractivity contribution in [3.05, 3.63) is 53.3 Å². The number of nitrogens with zero attached hydrogens (tertiary/aromatic N) is 5. The van der Waals surface area contributed by atoms with Crippen LogP contribution in [-0.2, 0) is 10.0 Å². The van der Waals surface area contributed by atoms with E-state index in [4.69, 9.17) is 16.3 Å². The lowest BCUT2D eigenvalue weighted by Crippen LogP contribution is -2.50. The summed E-state index contributed by atoms with van der Waals surface area (Å²) >= 11 is 6.25. The molecule has 5 rings (SSSR count). The highest BCUT2D eigenvalue weighted by Crippen LogP contribution is 2.59. The number of carbonyl (C=O) groups excluding carboxylic acids is 1. The molecule has 1 amide bonds. The van der Waals surface area contributed by atoms with Gasteiger partial charge >= 0.3 is 6.18 Å². The molecule has 1 saturated carbocycles. The third-order valence-corrected chi connectivity index (χ3v) is 10.8. The van der Waals surface area contributed by atoms with Crippen LogP contribution in [0.1, 0.15) is 83.5 Å². The van der Waals surface area contributed by atoms with Crippen LogP contribution in [0.2, 0.25) is 5.15 Å². The van der Waals surface area contributed by atoms with Crippen LogP contribution in [0.25, 0.3) is 5.82 Å². The van der Waals surface area contributed by atoms with Crippen LogP contribution in [0.3, 0.4) is 0 Å². The number of nitrogens with one attached hydrogen (secondary N) is 2. The molecule has 268 valence electrons. The molecule has 16 heteroatoms. The number of rotatable bonds is 13. The number of aromatic nitrogens is 4. The Morgan fingerprint density at radius 1 is 1.10 bits per heavy atom. The van der Waals surface area contributed by atoms with Crippen molar-refractivity contribution in [2.75, 3.05) is 25.0 Å². The van der Waals surface area contributed by atoms with E-state index in [0.29, 0.717) is 18.3 Å². The van der Waals surface area contributed by atoms with E-state index in [2.05, 4.69) is 59.9 Å². The molecular formula is C33H43ClF3N7O4S. The molecule has 2 aliphatic rings. The number of carbonyl (C=O) groups is 1. The first-order valence-corrected chi connectivity index (χ1v) is 18.1. The van der Waals surface area contributed by atoms with Gasteiger partial charge in [-0.1, -0.05) is 17.7 Å². The molecule has 1 aliphatic carbocycles. The molecule has 49 heavy (non-hydrogen) atoms. The highest BCUT2D eigenvalue weighted by Gasteiger charge is 2.62. The van der Waals surface area contributed by atoms with E-state index in [-0.39, 0.29) is 64.4 Å². The fraction of sp³-hybridized carbons (Fsp3) is 0.576. The molecule has 1 atom stereocenters. The van der Waals surface area contributed by atoms with Gasteiger partial charge in [-0.2, -0.15) is 21.6 Å². The van der Waals surface area contributed by atoms with E-state index in [1.165, 1.54) is 35.1 Å². The van der Waals surface area contributed by atoms with Crippen LogP contribution in [0.15, 0.2) is 47.6 Å². The number of alkyl halides is 3. The zero-order chi connectivity index (χ0) is 35.8. The molecule has 0 aromatic carbocycles. The number of likely N-dealkylation sites (tertiary alicyclic amines) is 1. The minimum atomic E-state index is -4.35. The molecule has 4 heterocycles. The first-order valence-electron chi connectivity index (χ1n) is 16.3. The summed E-state index contributed by atoms with van der Waals surface area (Å²) < 4.78 is 74.3. The topological polar surface area (TPSA) is 131 Å². The SMILES string of the molecule is CC(C)(C)N1CC(CCCNc2cccc(S(=O)(=O)NC(=O)c3ccc(-n4ccc(OCCC5(C(F)(F)F)CC5)n4)nc3Cl)n2)CC1(C)C. The Morgan fingerprint density at radius 3 is 2.47 bits per heavy atom. The number of sulfonamides is 1. The second-order valence-electron chi connectivity index (χ2n) is 14.5. The minimum Gasteiger partial charge on any atom is -0.477 e. The van der Waals surface area contributed by atoms with Crippen molar-refractivity contribution >= 4 is 33.3 Å².